The minimum atomic E-state index is -5.12. The smallest absolute Gasteiger partial charge is 0.399 e. The second-order valence-electron chi connectivity index (χ2n) is 10.0. The Morgan fingerprint density at radius 2 is 1.33 bits per heavy atom. The molecule has 3 rings (SSSR count). The minimum absolute atomic E-state index is 0.0126. The van der Waals surface area contributed by atoms with Crippen molar-refractivity contribution in [3.05, 3.63) is 41.5 Å². The number of hydrogen-bond acceptors (Lipinski definition) is 1. The third-order valence-electron chi connectivity index (χ3n) is 7.60. The van der Waals surface area contributed by atoms with Gasteiger partial charge in [0.1, 0.15) is 0 Å². The van der Waals surface area contributed by atoms with E-state index in [2.05, 4.69) is 23.8 Å². The molecular weight excluding hydrogens is 435 g/mol. The molecule has 0 unspecified atom stereocenters. The Labute approximate surface area is 194 Å². The van der Waals surface area contributed by atoms with Crippen molar-refractivity contribution in [1.82, 2.24) is 0 Å². The number of benzene rings is 1. The Kier molecular flexibility index (Phi) is 9.63. The van der Waals surface area contributed by atoms with Crippen LogP contribution in [0.5, 0.6) is 5.75 Å². The van der Waals surface area contributed by atoms with E-state index in [1.54, 1.807) is 0 Å². The van der Waals surface area contributed by atoms with Gasteiger partial charge in [-0.25, -0.2) is 8.78 Å². The van der Waals surface area contributed by atoms with Crippen LogP contribution in [0.25, 0.3) is 0 Å². The van der Waals surface area contributed by atoms with Crippen LogP contribution in [0.4, 0.5) is 22.0 Å². The quantitative estimate of drug-likeness (QED) is 0.257. The van der Waals surface area contributed by atoms with Gasteiger partial charge in [-0.15, -0.1) is 13.2 Å². The molecule has 0 N–H and O–H groups in total. The van der Waals surface area contributed by atoms with E-state index in [0.717, 1.165) is 49.7 Å². The summed E-state index contributed by atoms with van der Waals surface area (Å²) >= 11 is 0. The summed E-state index contributed by atoms with van der Waals surface area (Å²) in [7, 11) is 0. The van der Waals surface area contributed by atoms with Gasteiger partial charge < -0.3 is 4.74 Å². The summed E-state index contributed by atoms with van der Waals surface area (Å²) in [6.45, 7) is 2.20. The third-order valence-corrected chi connectivity index (χ3v) is 7.60. The first-order chi connectivity index (χ1) is 15.7. The Morgan fingerprint density at radius 1 is 0.818 bits per heavy atom. The molecule has 2 fully saturated rings. The summed E-state index contributed by atoms with van der Waals surface area (Å²) in [6, 6.07) is 2.01. The summed E-state index contributed by atoms with van der Waals surface area (Å²) in [6.07, 6.45) is 14.6. The number of unbranched alkanes of at least 4 members (excludes halogenated alkanes) is 1. The first-order valence-electron chi connectivity index (χ1n) is 12.6. The molecule has 2 saturated carbocycles. The van der Waals surface area contributed by atoms with Gasteiger partial charge in [-0.1, -0.05) is 51.2 Å². The predicted molar refractivity (Wildman–Crippen MR) is 121 cm³/mol. The fourth-order valence-corrected chi connectivity index (χ4v) is 5.61. The van der Waals surface area contributed by atoms with Crippen molar-refractivity contribution in [2.75, 3.05) is 0 Å². The maximum atomic E-state index is 14.1. The van der Waals surface area contributed by atoms with Crippen molar-refractivity contribution in [3.63, 3.8) is 0 Å². The van der Waals surface area contributed by atoms with Crippen LogP contribution in [-0.2, 0) is 0 Å². The van der Waals surface area contributed by atoms with Gasteiger partial charge in [0.2, 0.25) is 5.75 Å². The first kappa shape index (κ1) is 26.0. The molecule has 1 aromatic carbocycles. The van der Waals surface area contributed by atoms with E-state index in [1.807, 2.05) is 0 Å². The fraction of sp³-hybridized carbons (Fsp3) is 0.704. The molecule has 6 heteroatoms. The molecule has 1 aromatic rings. The molecule has 2 aliphatic rings. The van der Waals surface area contributed by atoms with E-state index in [4.69, 9.17) is 0 Å². The van der Waals surface area contributed by atoms with Gasteiger partial charge in [-0.05, 0) is 92.7 Å². The summed E-state index contributed by atoms with van der Waals surface area (Å²) in [4.78, 5) is 0. The van der Waals surface area contributed by atoms with Crippen LogP contribution in [0.1, 0.15) is 102 Å². The van der Waals surface area contributed by atoms with E-state index in [-0.39, 0.29) is 5.92 Å². The maximum absolute atomic E-state index is 14.1. The maximum Gasteiger partial charge on any atom is 0.573 e. The highest BCUT2D eigenvalue weighted by molar-refractivity contribution is 5.33. The van der Waals surface area contributed by atoms with Gasteiger partial charge in [0.25, 0.3) is 0 Å². The van der Waals surface area contributed by atoms with Gasteiger partial charge in [0.05, 0.1) is 0 Å². The Balaban J connectivity index is 1.39. The molecule has 186 valence electrons. The van der Waals surface area contributed by atoms with E-state index in [9.17, 15) is 22.0 Å². The van der Waals surface area contributed by atoms with Gasteiger partial charge in [0, 0.05) is 0 Å². The van der Waals surface area contributed by atoms with Crippen LogP contribution in [-0.4, -0.2) is 6.36 Å². The molecule has 0 saturated heterocycles. The number of allylic oxidation sites excluding steroid dienone is 2. The molecule has 0 bridgehead atoms. The highest BCUT2D eigenvalue weighted by Crippen LogP contribution is 2.41. The van der Waals surface area contributed by atoms with Crippen LogP contribution in [0, 0.1) is 29.4 Å². The molecule has 0 atom stereocenters. The fourth-order valence-electron chi connectivity index (χ4n) is 5.61. The third kappa shape index (κ3) is 8.29. The van der Waals surface area contributed by atoms with E-state index in [0.29, 0.717) is 11.5 Å². The summed E-state index contributed by atoms with van der Waals surface area (Å²) < 4.78 is 68.6. The van der Waals surface area contributed by atoms with Crippen LogP contribution in [0.3, 0.4) is 0 Å². The van der Waals surface area contributed by atoms with Crippen molar-refractivity contribution >= 4 is 0 Å². The Bertz CT molecular complexity index is 733. The Hall–Kier alpha value is -1.59. The van der Waals surface area contributed by atoms with Crippen LogP contribution in [0.15, 0.2) is 24.3 Å². The zero-order chi connectivity index (χ0) is 23.8. The van der Waals surface area contributed by atoms with Gasteiger partial charge in [0.15, 0.2) is 11.6 Å². The van der Waals surface area contributed by atoms with Gasteiger partial charge in [-0.2, -0.15) is 0 Å². The molecule has 0 amide bonds. The van der Waals surface area contributed by atoms with Crippen molar-refractivity contribution in [2.24, 2.45) is 17.8 Å². The average Bonchev–Trinajstić information content (AvgIpc) is 2.78. The topological polar surface area (TPSA) is 9.23 Å². The number of rotatable bonds is 9. The van der Waals surface area contributed by atoms with Crippen molar-refractivity contribution in [1.29, 1.82) is 0 Å². The molecule has 33 heavy (non-hydrogen) atoms. The van der Waals surface area contributed by atoms with Crippen LogP contribution in [0.2, 0.25) is 0 Å². The van der Waals surface area contributed by atoms with Crippen LogP contribution < -0.4 is 4.74 Å². The minimum Gasteiger partial charge on any atom is -0.399 e. The summed E-state index contributed by atoms with van der Waals surface area (Å²) in [5, 5.41) is 0. The van der Waals surface area contributed by atoms with Crippen molar-refractivity contribution in [3.8, 4) is 5.75 Å². The van der Waals surface area contributed by atoms with Crippen molar-refractivity contribution < 1.29 is 26.7 Å². The standard InChI is InChI=1S/C27H37F5O/c1-2-3-4-5-6-19-7-9-20(10-8-19)11-12-21-13-15-22(16-14-21)23-17-24(28)26(25(29)18-23)33-27(30,31)32/h4-5,17-22H,2-3,6-16H2,1H3/b5-4+/t19-,20-,21-,22-. The summed E-state index contributed by atoms with van der Waals surface area (Å²) in [5.41, 5.74) is 0.435. The lowest BCUT2D eigenvalue weighted by Crippen LogP contribution is -2.20. The van der Waals surface area contributed by atoms with E-state index < -0.39 is 23.7 Å². The Morgan fingerprint density at radius 3 is 1.85 bits per heavy atom. The number of hydrogen-bond donors (Lipinski definition) is 0. The zero-order valence-corrected chi connectivity index (χ0v) is 19.6. The zero-order valence-electron chi connectivity index (χ0n) is 19.6. The van der Waals surface area contributed by atoms with Crippen molar-refractivity contribution in [2.45, 2.75) is 103 Å². The highest BCUT2D eigenvalue weighted by atomic mass is 19.4. The summed E-state index contributed by atoms with van der Waals surface area (Å²) in [5.74, 6) is -1.66. The SMILES string of the molecule is CCC/C=C/C[C@H]1CC[C@H](CC[C@H]2CC[C@H](c3cc(F)c(OC(F)(F)F)c(F)c3)CC2)CC1. The number of halogens is 5. The monoisotopic (exact) mass is 472 g/mol. The average molecular weight is 473 g/mol. The second-order valence-corrected chi connectivity index (χ2v) is 10.0. The molecule has 0 aliphatic heterocycles. The van der Waals surface area contributed by atoms with E-state index in [1.165, 1.54) is 57.8 Å². The number of alkyl halides is 3. The molecule has 2 aliphatic carbocycles. The molecule has 0 aromatic heterocycles. The second kappa shape index (κ2) is 12.2. The predicted octanol–water partition coefficient (Wildman–Crippen LogP) is 9.47. The molecule has 0 spiro atoms. The number of ether oxygens (including phenoxy) is 1. The normalized spacial score (nSPS) is 26.6. The molecule has 0 heterocycles. The van der Waals surface area contributed by atoms with Gasteiger partial charge in [-0.3, -0.25) is 0 Å². The molecule has 1 nitrogen and oxygen atoms in total. The van der Waals surface area contributed by atoms with E-state index >= 15 is 0 Å². The lowest BCUT2D eigenvalue weighted by atomic mass is 9.74. The first-order valence-corrected chi connectivity index (χ1v) is 12.6. The largest absolute Gasteiger partial charge is 0.573 e. The van der Waals surface area contributed by atoms with Crippen LogP contribution >= 0.6 is 0 Å². The lowest BCUT2D eigenvalue weighted by Gasteiger charge is -2.32. The highest BCUT2D eigenvalue weighted by Gasteiger charge is 2.35. The lowest BCUT2D eigenvalue weighted by molar-refractivity contribution is -0.276. The molecular formula is C27H37F5O. The molecule has 0 radical (unpaired) electrons. The van der Waals surface area contributed by atoms with Gasteiger partial charge >= 0.3 is 6.36 Å².